The van der Waals surface area contributed by atoms with E-state index in [0.717, 1.165) is 71.0 Å². The minimum Gasteiger partial charge on any atom is -0.484 e. The number of imidazole rings is 1. The van der Waals surface area contributed by atoms with Gasteiger partial charge in [-0.05, 0) is 71.8 Å². The van der Waals surface area contributed by atoms with E-state index in [1.165, 1.54) is 0 Å². The lowest BCUT2D eigenvalue weighted by Crippen LogP contribution is -2.36. The highest BCUT2D eigenvalue weighted by atomic mass is 16.5. The number of rotatable bonds is 8. The smallest absolute Gasteiger partial charge is 0.258 e. The average molecular weight is 574 g/mol. The van der Waals surface area contributed by atoms with Gasteiger partial charge in [0, 0.05) is 42.1 Å². The lowest BCUT2D eigenvalue weighted by Gasteiger charge is -2.29. The Morgan fingerprint density at radius 1 is 0.930 bits per heavy atom. The van der Waals surface area contributed by atoms with E-state index in [-0.39, 0.29) is 18.4 Å². The van der Waals surface area contributed by atoms with E-state index in [0.29, 0.717) is 24.7 Å². The topological polar surface area (TPSA) is 99.8 Å². The Morgan fingerprint density at radius 2 is 1.72 bits per heavy atom. The highest BCUT2D eigenvalue weighted by Crippen LogP contribution is 2.33. The quantitative estimate of drug-likeness (QED) is 0.273. The van der Waals surface area contributed by atoms with Crippen molar-refractivity contribution in [3.63, 3.8) is 0 Å². The van der Waals surface area contributed by atoms with Crippen molar-refractivity contribution in [1.29, 1.82) is 0 Å². The molecule has 2 amide bonds. The van der Waals surface area contributed by atoms with Crippen molar-refractivity contribution in [1.82, 2.24) is 15.3 Å². The van der Waals surface area contributed by atoms with Crippen LogP contribution in [0, 0.1) is 0 Å². The number of morpholine rings is 1. The number of anilines is 2. The van der Waals surface area contributed by atoms with Crippen LogP contribution in [0.2, 0.25) is 0 Å². The first kappa shape index (κ1) is 26.7. The van der Waals surface area contributed by atoms with Crippen molar-refractivity contribution in [3.05, 3.63) is 108 Å². The lowest BCUT2D eigenvalue weighted by molar-refractivity contribution is -0.123. The molecule has 43 heavy (non-hydrogen) atoms. The predicted octanol–water partition coefficient (Wildman–Crippen LogP) is 4.92. The maximum absolute atomic E-state index is 13.3. The molecular weight excluding hydrogens is 542 g/mol. The van der Waals surface area contributed by atoms with Crippen molar-refractivity contribution in [3.8, 4) is 17.1 Å². The summed E-state index contributed by atoms with van der Waals surface area (Å²) in [6.45, 7) is 4.10. The molecule has 0 spiro atoms. The second kappa shape index (κ2) is 11.6. The zero-order chi connectivity index (χ0) is 29.2. The zero-order valence-corrected chi connectivity index (χ0v) is 23.6. The van der Waals surface area contributed by atoms with Crippen molar-refractivity contribution >= 4 is 34.2 Å². The summed E-state index contributed by atoms with van der Waals surface area (Å²) in [6, 6.07) is 29.2. The number of carbonyl (C=O) groups excluding carboxylic acids is 2. The average Bonchev–Trinajstić information content (AvgIpc) is 3.64. The Morgan fingerprint density at radius 3 is 2.53 bits per heavy atom. The number of fused-ring (bicyclic) bond motifs is 2. The fraction of sp³-hybridized carbons (Fsp3) is 0.206. The standard InChI is InChI=1S/C34H31N5O4/c40-32(35-20-23-4-2-1-3-5-23)22-43-28-10-6-24(7-11-28)33-36-30-13-9-27(19-31(30)37-33)39-21-25-18-26(8-12-29(25)34(39)41)38-14-16-42-17-15-38/h1-13,18-19H,14-17,20-22H2,(H,35,40)(H,36,37). The number of benzene rings is 4. The number of hydrogen-bond acceptors (Lipinski definition) is 6. The van der Waals surface area contributed by atoms with Gasteiger partial charge in [-0.1, -0.05) is 30.3 Å². The number of nitrogens with zero attached hydrogens (tertiary/aromatic N) is 3. The van der Waals surface area contributed by atoms with Crippen LogP contribution in [0.15, 0.2) is 91.0 Å². The van der Waals surface area contributed by atoms with E-state index < -0.39 is 0 Å². The van der Waals surface area contributed by atoms with Gasteiger partial charge in [0.05, 0.1) is 30.8 Å². The molecule has 9 nitrogen and oxygen atoms in total. The summed E-state index contributed by atoms with van der Waals surface area (Å²) in [5.41, 5.74) is 7.33. The van der Waals surface area contributed by atoms with Gasteiger partial charge >= 0.3 is 0 Å². The number of hydrogen-bond donors (Lipinski definition) is 2. The molecule has 5 aromatic rings. The number of amides is 2. The molecule has 2 N–H and O–H groups in total. The van der Waals surface area contributed by atoms with Gasteiger partial charge in [0.1, 0.15) is 11.6 Å². The van der Waals surface area contributed by atoms with Gasteiger partial charge in [0.2, 0.25) is 0 Å². The number of aromatic nitrogens is 2. The second-order valence-electron chi connectivity index (χ2n) is 10.7. The van der Waals surface area contributed by atoms with Crippen LogP contribution in [-0.2, 0) is 22.6 Å². The molecule has 4 aromatic carbocycles. The summed E-state index contributed by atoms with van der Waals surface area (Å²) in [5, 5.41) is 2.86. The monoisotopic (exact) mass is 573 g/mol. The molecule has 3 heterocycles. The van der Waals surface area contributed by atoms with Crippen LogP contribution in [0.4, 0.5) is 11.4 Å². The molecular formula is C34H31N5O4. The van der Waals surface area contributed by atoms with E-state index in [1.807, 2.05) is 89.8 Å². The number of carbonyl (C=O) groups is 2. The number of ether oxygens (including phenoxy) is 2. The van der Waals surface area contributed by atoms with Gasteiger partial charge in [-0.25, -0.2) is 4.98 Å². The summed E-state index contributed by atoms with van der Waals surface area (Å²) < 4.78 is 11.2. The molecule has 0 saturated carbocycles. The van der Waals surface area contributed by atoms with Crippen molar-refractivity contribution in [2.24, 2.45) is 0 Å². The normalized spacial score (nSPS) is 14.7. The molecule has 1 saturated heterocycles. The van der Waals surface area contributed by atoms with Crippen LogP contribution in [0.5, 0.6) is 5.75 Å². The summed E-state index contributed by atoms with van der Waals surface area (Å²) in [5.74, 6) is 1.14. The second-order valence-corrected chi connectivity index (χ2v) is 10.7. The molecule has 1 aromatic heterocycles. The predicted molar refractivity (Wildman–Crippen MR) is 165 cm³/mol. The van der Waals surface area contributed by atoms with E-state index >= 15 is 0 Å². The third kappa shape index (κ3) is 5.67. The van der Waals surface area contributed by atoms with Gasteiger partial charge in [-0.3, -0.25) is 9.59 Å². The molecule has 216 valence electrons. The molecule has 0 radical (unpaired) electrons. The molecule has 0 unspecified atom stereocenters. The van der Waals surface area contributed by atoms with E-state index in [2.05, 4.69) is 21.3 Å². The third-order valence-corrected chi connectivity index (χ3v) is 7.88. The van der Waals surface area contributed by atoms with E-state index in [4.69, 9.17) is 14.5 Å². The maximum Gasteiger partial charge on any atom is 0.258 e. The van der Waals surface area contributed by atoms with Crippen LogP contribution in [0.3, 0.4) is 0 Å². The third-order valence-electron chi connectivity index (χ3n) is 7.88. The summed E-state index contributed by atoms with van der Waals surface area (Å²) in [7, 11) is 0. The van der Waals surface area contributed by atoms with Gasteiger partial charge in [0.25, 0.3) is 11.8 Å². The van der Waals surface area contributed by atoms with Crippen LogP contribution >= 0.6 is 0 Å². The Labute approximate surface area is 249 Å². The van der Waals surface area contributed by atoms with Gasteiger partial charge in [-0.15, -0.1) is 0 Å². The van der Waals surface area contributed by atoms with E-state index in [9.17, 15) is 9.59 Å². The van der Waals surface area contributed by atoms with Crippen LogP contribution < -0.4 is 19.9 Å². The lowest BCUT2D eigenvalue weighted by atomic mass is 10.1. The van der Waals surface area contributed by atoms with Gasteiger partial charge in [-0.2, -0.15) is 0 Å². The fourth-order valence-corrected chi connectivity index (χ4v) is 5.54. The Hall–Kier alpha value is -5.15. The highest BCUT2D eigenvalue weighted by molar-refractivity contribution is 6.10. The Bertz CT molecular complexity index is 1780. The minimum atomic E-state index is -0.182. The number of nitrogens with one attached hydrogen (secondary N) is 2. The fourth-order valence-electron chi connectivity index (χ4n) is 5.54. The van der Waals surface area contributed by atoms with Gasteiger partial charge in [0.15, 0.2) is 6.61 Å². The molecule has 0 atom stereocenters. The number of H-pyrrole nitrogens is 1. The minimum absolute atomic E-state index is 0.00644. The number of aromatic amines is 1. The van der Waals surface area contributed by atoms with Crippen LogP contribution in [0.1, 0.15) is 21.5 Å². The molecule has 7 rings (SSSR count). The Kier molecular flexibility index (Phi) is 7.22. The zero-order valence-electron chi connectivity index (χ0n) is 23.6. The largest absolute Gasteiger partial charge is 0.484 e. The SMILES string of the molecule is O=C(COc1ccc(-c2nc3ccc(N4Cc5cc(N6CCOCC6)ccc5C4=O)cc3[nH]2)cc1)NCc1ccccc1. The summed E-state index contributed by atoms with van der Waals surface area (Å²) in [6.07, 6.45) is 0. The van der Waals surface area contributed by atoms with Gasteiger partial charge < -0.3 is 29.6 Å². The molecule has 0 aliphatic carbocycles. The van der Waals surface area contributed by atoms with Crippen LogP contribution in [0.25, 0.3) is 22.4 Å². The van der Waals surface area contributed by atoms with Crippen LogP contribution in [-0.4, -0.2) is 54.7 Å². The highest BCUT2D eigenvalue weighted by Gasteiger charge is 2.29. The molecule has 2 aliphatic heterocycles. The summed E-state index contributed by atoms with van der Waals surface area (Å²) in [4.78, 5) is 37.8. The van der Waals surface area contributed by atoms with Crippen molar-refractivity contribution in [2.45, 2.75) is 13.1 Å². The van der Waals surface area contributed by atoms with E-state index in [1.54, 1.807) is 0 Å². The first-order chi connectivity index (χ1) is 21.1. The van der Waals surface area contributed by atoms with Crippen molar-refractivity contribution < 1.29 is 19.1 Å². The molecule has 1 fully saturated rings. The molecule has 0 bridgehead atoms. The summed E-state index contributed by atoms with van der Waals surface area (Å²) >= 11 is 0. The first-order valence-electron chi connectivity index (χ1n) is 14.4. The first-order valence-corrected chi connectivity index (χ1v) is 14.4. The molecule has 9 heteroatoms. The maximum atomic E-state index is 13.3. The molecule has 2 aliphatic rings. The van der Waals surface area contributed by atoms with Crippen molar-refractivity contribution in [2.75, 3.05) is 42.7 Å². The Balaban J connectivity index is 1.00.